The van der Waals surface area contributed by atoms with Crippen molar-refractivity contribution >= 4 is 17.8 Å². The van der Waals surface area contributed by atoms with Crippen LogP contribution in [0.2, 0.25) is 0 Å². The topological polar surface area (TPSA) is 65.7 Å². The van der Waals surface area contributed by atoms with Crippen LogP contribution in [0.4, 0.5) is 0 Å². The summed E-state index contributed by atoms with van der Waals surface area (Å²) in [4.78, 5) is 23.8. The Kier molecular flexibility index (Phi) is 5.14. The van der Waals surface area contributed by atoms with Gasteiger partial charge < -0.3 is 13.9 Å². The van der Waals surface area contributed by atoms with Crippen molar-refractivity contribution in [3.8, 4) is 5.75 Å². The summed E-state index contributed by atoms with van der Waals surface area (Å²) in [6, 6.07) is 10.0. The lowest BCUT2D eigenvalue weighted by Gasteiger charge is -2.11. The molecule has 2 rings (SSSR count). The minimum atomic E-state index is -0.873. The van der Waals surface area contributed by atoms with Crippen LogP contribution in [-0.4, -0.2) is 25.0 Å². The van der Waals surface area contributed by atoms with Crippen LogP contribution in [0, 0.1) is 0 Å². The molecule has 5 heteroatoms. The maximum absolute atomic E-state index is 12.2. The first-order valence-corrected chi connectivity index (χ1v) is 6.70. The van der Waals surface area contributed by atoms with Crippen LogP contribution in [-0.2, 0) is 9.53 Å². The van der Waals surface area contributed by atoms with Crippen molar-refractivity contribution < 1.29 is 23.5 Å². The minimum absolute atomic E-state index is 0.276. The van der Waals surface area contributed by atoms with Crippen molar-refractivity contribution in [2.24, 2.45) is 0 Å². The number of Topliss-reactive ketones (excluding diaryl/α,β-unsaturated/α-hetero) is 1. The maximum atomic E-state index is 12.2. The number of hydrogen-bond donors (Lipinski definition) is 0. The molecule has 0 aliphatic heterocycles. The molecule has 0 bridgehead atoms. The third-order valence-corrected chi connectivity index (χ3v) is 2.96. The van der Waals surface area contributed by atoms with Crippen molar-refractivity contribution in [1.29, 1.82) is 0 Å². The number of hydrogen-bond acceptors (Lipinski definition) is 5. The molecule has 1 heterocycles. The summed E-state index contributed by atoms with van der Waals surface area (Å²) in [5, 5.41) is 0. The van der Waals surface area contributed by atoms with Gasteiger partial charge >= 0.3 is 5.97 Å². The van der Waals surface area contributed by atoms with Gasteiger partial charge in [0.1, 0.15) is 11.5 Å². The van der Waals surface area contributed by atoms with E-state index in [2.05, 4.69) is 0 Å². The summed E-state index contributed by atoms with van der Waals surface area (Å²) in [5.74, 6) is 0.307. The van der Waals surface area contributed by atoms with E-state index in [9.17, 15) is 9.59 Å². The third-order valence-electron chi connectivity index (χ3n) is 2.96. The average molecular weight is 300 g/mol. The molecule has 22 heavy (non-hydrogen) atoms. The Hall–Kier alpha value is -2.82. The molecule has 2 aromatic rings. The van der Waals surface area contributed by atoms with E-state index in [1.165, 1.54) is 25.3 Å². The molecule has 1 aromatic carbocycles. The summed E-state index contributed by atoms with van der Waals surface area (Å²) in [6.07, 6.45) is 3.33. The molecule has 0 aliphatic rings. The molecule has 0 fully saturated rings. The Balaban J connectivity index is 1.94. The normalized spacial score (nSPS) is 12.1. The number of methoxy groups -OCH3 is 1. The lowest BCUT2D eigenvalue weighted by atomic mass is 10.1. The number of ketones is 1. The quantitative estimate of drug-likeness (QED) is 0.466. The summed E-state index contributed by atoms with van der Waals surface area (Å²) < 4.78 is 15.2. The summed E-state index contributed by atoms with van der Waals surface area (Å²) >= 11 is 0. The smallest absolute Gasteiger partial charge is 0.331 e. The number of esters is 1. The van der Waals surface area contributed by atoms with Crippen LogP contribution in [0.25, 0.3) is 6.08 Å². The predicted molar refractivity (Wildman–Crippen MR) is 80.6 cm³/mol. The van der Waals surface area contributed by atoms with Crippen LogP contribution >= 0.6 is 0 Å². The van der Waals surface area contributed by atoms with Gasteiger partial charge in [0.15, 0.2) is 6.10 Å². The Bertz CT molecular complexity index is 653. The van der Waals surface area contributed by atoms with Gasteiger partial charge in [-0.25, -0.2) is 4.79 Å². The number of carbonyl (C=O) groups is 2. The van der Waals surface area contributed by atoms with Crippen LogP contribution in [0.1, 0.15) is 23.0 Å². The molecule has 0 unspecified atom stereocenters. The highest BCUT2D eigenvalue weighted by molar-refractivity contribution is 6.01. The highest BCUT2D eigenvalue weighted by Crippen LogP contribution is 2.14. The van der Waals surface area contributed by atoms with Gasteiger partial charge in [-0.3, -0.25) is 4.79 Å². The van der Waals surface area contributed by atoms with Gasteiger partial charge in [0.05, 0.1) is 13.4 Å². The molecule has 0 N–H and O–H groups in total. The molecule has 114 valence electrons. The zero-order valence-corrected chi connectivity index (χ0v) is 12.3. The van der Waals surface area contributed by atoms with Crippen LogP contribution in [0.5, 0.6) is 5.75 Å². The van der Waals surface area contributed by atoms with Gasteiger partial charge in [-0.1, -0.05) is 0 Å². The number of benzene rings is 1. The predicted octanol–water partition coefficient (Wildman–Crippen LogP) is 3.12. The van der Waals surface area contributed by atoms with Crippen molar-refractivity contribution in [2.75, 3.05) is 7.11 Å². The highest BCUT2D eigenvalue weighted by atomic mass is 16.5. The lowest BCUT2D eigenvalue weighted by molar-refractivity contribution is -0.140. The van der Waals surface area contributed by atoms with Gasteiger partial charge in [-0.05, 0) is 49.4 Å². The van der Waals surface area contributed by atoms with E-state index in [-0.39, 0.29) is 5.78 Å². The molecule has 0 spiro atoms. The highest BCUT2D eigenvalue weighted by Gasteiger charge is 2.18. The fourth-order valence-corrected chi connectivity index (χ4v) is 1.79. The monoisotopic (exact) mass is 300 g/mol. The van der Waals surface area contributed by atoms with E-state index in [4.69, 9.17) is 13.9 Å². The fourth-order valence-electron chi connectivity index (χ4n) is 1.79. The largest absolute Gasteiger partial charge is 0.497 e. The molecule has 0 aliphatic carbocycles. The van der Waals surface area contributed by atoms with Gasteiger partial charge in [-0.15, -0.1) is 0 Å². The Morgan fingerprint density at radius 1 is 1.18 bits per heavy atom. The first kappa shape index (κ1) is 15.6. The van der Waals surface area contributed by atoms with Crippen molar-refractivity contribution in [2.45, 2.75) is 13.0 Å². The van der Waals surface area contributed by atoms with E-state index < -0.39 is 12.1 Å². The fraction of sp³-hybridized carbons (Fsp3) is 0.176. The number of carbonyl (C=O) groups excluding carboxylic acids is 2. The second kappa shape index (κ2) is 7.26. The minimum Gasteiger partial charge on any atom is -0.497 e. The van der Waals surface area contributed by atoms with E-state index >= 15 is 0 Å². The van der Waals surface area contributed by atoms with Gasteiger partial charge in [-0.2, -0.15) is 0 Å². The van der Waals surface area contributed by atoms with E-state index in [0.29, 0.717) is 17.1 Å². The van der Waals surface area contributed by atoms with E-state index in [0.717, 1.165) is 0 Å². The molecule has 1 aromatic heterocycles. The van der Waals surface area contributed by atoms with Crippen LogP contribution in [0.3, 0.4) is 0 Å². The van der Waals surface area contributed by atoms with Crippen LogP contribution in [0.15, 0.2) is 53.2 Å². The summed E-state index contributed by atoms with van der Waals surface area (Å²) in [5.41, 5.74) is 0.455. The molecular weight excluding hydrogens is 284 g/mol. The zero-order chi connectivity index (χ0) is 15.9. The summed E-state index contributed by atoms with van der Waals surface area (Å²) in [6.45, 7) is 1.53. The van der Waals surface area contributed by atoms with Gasteiger partial charge in [0.2, 0.25) is 5.78 Å². The standard InChI is InChI=1S/C17H16O5/c1-12(17(19)13-5-7-14(20-2)8-6-13)22-16(18)10-9-15-4-3-11-21-15/h3-12H,1-2H3/b10-9+/t12-/m0/s1. The van der Waals surface area contributed by atoms with Gasteiger partial charge in [0.25, 0.3) is 0 Å². The van der Waals surface area contributed by atoms with Crippen molar-refractivity contribution in [1.82, 2.24) is 0 Å². The second-order valence-corrected chi connectivity index (χ2v) is 4.52. The molecule has 0 saturated carbocycles. The molecule has 1 atom stereocenters. The number of ether oxygens (including phenoxy) is 2. The molecule has 0 saturated heterocycles. The Morgan fingerprint density at radius 2 is 1.91 bits per heavy atom. The molecule has 0 amide bonds. The third kappa shape index (κ3) is 4.09. The zero-order valence-electron chi connectivity index (χ0n) is 12.3. The molecule has 0 radical (unpaired) electrons. The second-order valence-electron chi connectivity index (χ2n) is 4.52. The average Bonchev–Trinajstić information content (AvgIpc) is 3.05. The number of furan rings is 1. The SMILES string of the molecule is COc1ccc(C(=O)[C@H](C)OC(=O)/C=C/c2ccco2)cc1. The van der Waals surface area contributed by atoms with Crippen molar-refractivity contribution in [3.63, 3.8) is 0 Å². The van der Waals surface area contributed by atoms with Crippen molar-refractivity contribution in [3.05, 3.63) is 60.1 Å². The van der Waals surface area contributed by atoms with Crippen LogP contribution < -0.4 is 4.74 Å². The summed E-state index contributed by atoms with van der Waals surface area (Å²) in [7, 11) is 1.55. The van der Waals surface area contributed by atoms with E-state index in [1.807, 2.05) is 0 Å². The first-order chi connectivity index (χ1) is 10.6. The molecule has 5 nitrogen and oxygen atoms in total. The first-order valence-electron chi connectivity index (χ1n) is 6.70. The number of rotatable bonds is 6. The lowest BCUT2D eigenvalue weighted by Crippen LogP contribution is -2.23. The van der Waals surface area contributed by atoms with E-state index in [1.54, 1.807) is 43.5 Å². The maximum Gasteiger partial charge on any atom is 0.331 e. The van der Waals surface area contributed by atoms with Gasteiger partial charge in [0, 0.05) is 11.6 Å². The molecular formula is C17H16O5. The Morgan fingerprint density at radius 3 is 2.50 bits per heavy atom. The Labute approximate surface area is 128 Å².